The second kappa shape index (κ2) is 7.23. The molecule has 2 aliphatic rings. The molecule has 0 aliphatic carbocycles. The molecule has 0 amide bonds. The maximum atomic E-state index is 4.74. The summed E-state index contributed by atoms with van der Waals surface area (Å²) in [4.78, 5) is 9.77. The Kier molecular flexibility index (Phi) is 5.09. The number of pyridine rings is 1. The van der Waals surface area contributed by atoms with E-state index in [-0.39, 0.29) is 0 Å². The Hall–Kier alpha value is -1.13. The smallest absolute Gasteiger partial charge is 0.128 e. The van der Waals surface area contributed by atoms with Gasteiger partial charge in [-0.2, -0.15) is 0 Å². The first-order valence-electron chi connectivity index (χ1n) is 8.54. The number of likely N-dealkylation sites (tertiary alicyclic amines) is 1. The molecule has 1 aromatic rings. The molecule has 3 rings (SSSR count). The number of piperazine rings is 1. The van der Waals surface area contributed by atoms with E-state index in [9.17, 15) is 0 Å². The fourth-order valence-electron chi connectivity index (χ4n) is 3.60. The zero-order valence-corrected chi connectivity index (χ0v) is 13.2. The SMILES string of the molecule is CCCN1CCCCC1c1ccc(N2CCNCC2)nc1. The minimum absolute atomic E-state index is 0.586. The summed E-state index contributed by atoms with van der Waals surface area (Å²) >= 11 is 0. The van der Waals surface area contributed by atoms with Gasteiger partial charge in [0.2, 0.25) is 0 Å². The monoisotopic (exact) mass is 288 g/mol. The van der Waals surface area contributed by atoms with Crippen LogP contribution < -0.4 is 10.2 Å². The summed E-state index contributed by atoms with van der Waals surface area (Å²) in [6.45, 7) is 9.00. The molecule has 1 atom stereocenters. The van der Waals surface area contributed by atoms with Crippen molar-refractivity contribution in [1.29, 1.82) is 0 Å². The van der Waals surface area contributed by atoms with Crippen LogP contribution in [0.5, 0.6) is 0 Å². The van der Waals surface area contributed by atoms with Crippen LogP contribution in [0.15, 0.2) is 18.3 Å². The van der Waals surface area contributed by atoms with E-state index in [2.05, 4.69) is 40.4 Å². The molecular weight excluding hydrogens is 260 g/mol. The normalized spacial score (nSPS) is 24.2. The van der Waals surface area contributed by atoms with E-state index in [1.165, 1.54) is 44.3 Å². The first-order chi connectivity index (χ1) is 10.4. The predicted molar refractivity (Wildman–Crippen MR) is 87.8 cm³/mol. The van der Waals surface area contributed by atoms with E-state index in [0.717, 1.165) is 32.0 Å². The summed E-state index contributed by atoms with van der Waals surface area (Å²) in [7, 11) is 0. The largest absolute Gasteiger partial charge is 0.354 e. The molecule has 0 aromatic carbocycles. The van der Waals surface area contributed by atoms with Gasteiger partial charge in [0.1, 0.15) is 5.82 Å². The van der Waals surface area contributed by atoms with Crippen molar-refractivity contribution in [3.63, 3.8) is 0 Å². The lowest BCUT2D eigenvalue weighted by atomic mass is 9.96. The van der Waals surface area contributed by atoms with Gasteiger partial charge in [0.25, 0.3) is 0 Å². The van der Waals surface area contributed by atoms with Gasteiger partial charge in [-0.1, -0.05) is 19.4 Å². The number of hydrogen-bond acceptors (Lipinski definition) is 4. The van der Waals surface area contributed by atoms with Crippen LogP contribution in [-0.4, -0.2) is 49.2 Å². The van der Waals surface area contributed by atoms with Gasteiger partial charge in [0.15, 0.2) is 0 Å². The van der Waals surface area contributed by atoms with Crippen molar-refractivity contribution in [1.82, 2.24) is 15.2 Å². The molecule has 0 radical (unpaired) electrons. The van der Waals surface area contributed by atoms with E-state index in [4.69, 9.17) is 4.98 Å². The number of nitrogens with one attached hydrogen (secondary N) is 1. The molecule has 3 heterocycles. The van der Waals surface area contributed by atoms with Crippen molar-refractivity contribution < 1.29 is 0 Å². The number of nitrogens with zero attached hydrogens (tertiary/aromatic N) is 3. The summed E-state index contributed by atoms with van der Waals surface area (Å²) in [6, 6.07) is 5.12. The summed E-state index contributed by atoms with van der Waals surface area (Å²) in [5.74, 6) is 1.14. The number of anilines is 1. The lowest BCUT2D eigenvalue weighted by Gasteiger charge is -2.36. The van der Waals surface area contributed by atoms with Gasteiger partial charge in [0, 0.05) is 38.4 Å². The first kappa shape index (κ1) is 14.8. The van der Waals surface area contributed by atoms with Crippen molar-refractivity contribution >= 4 is 5.82 Å². The van der Waals surface area contributed by atoms with Gasteiger partial charge in [-0.15, -0.1) is 0 Å². The van der Waals surface area contributed by atoms with Crippen LogP contribution in [0.25, 0.3) is 0 Å². The molecule has 1 unspecified atom stereocenters. The van der Waals surface area contributed by atoms with Crippen LogP contribution in [0.3, 0.4) is 0 Å². The van der Waals surface area contributed by atoms with Gasteiger partial charge in [-0.3, -0.25) is 4.90 Å². The molecule has 4 nitrogen and oxygen atoms in total. The molecule has 2 fully saturated rings. The van der Waals surface area contributed by atoms with Crippen molar-refractivity contribution in [2.45, 2.75) is 38.6 Å². The van der Waals surface area contributed by atoms with Crippen LogP contribution in [-0.2, 0) is 0 Å². The molecule has 0 saturated carbocycles. The van der Waals surface area contributed by atoms with E-state index >= 15 is 0 Å². The maximum absolute atomic E-state index is 4.74. The van der Waals surface area contributed by atoms with Crippen molar-refractivity contribution in [3.8, 4) is 0 Å². The Labute approximate surface area is 128 Å². The van der Waals surface area contributed by atoms with Crippen LogP contribution in [0.1, 0.15) is 44.2 Å². The molecule has 2 saturated heterocycles. The molecule has 4 heteroatoms. The quantitative estimate of drug-likeness (QED) is 0.922. The Bertz CT molecular complexity index is 423. The fourth-order valence-corrected chi connectivity index (χ4v) is 3.60. The fraction of sp³-hybridized carbons (Fsp3) is 0.706. The molecule has 0 bridgehead atoms. The zero-order chi connectivity index (χ0) is 14.5. The third-order valence-electron chi connectivity index (χ3n) is 4.72. The Morgan fingerprint density at radius 1 is 1.19 bits per heavy atom. The topological polar surface area (TPSA) is 31.4 Å². The minimum Gasteiger partial charge on any atom is -0.354 e. The Morgan fingerprint density at radius 2 is 2.05 bits per heavy atom. The van der Waals surface area contributed by atoms with Crippen LogP contribution in [0.2, 0.25) is 0 Å². The average molecular weight is 288 g/mol. The third-order valence-corrected chi connectivity index (χ3v) is 4.72. The van der Waals surface area contributed by atoms with Gasteiger partial charge < -0.3 is 10.2 Å². The lowest BCUT2D eigenvalue weighted by Crippen LogP contribution is -2.43. The number of rotatable bonds is 4. The van der Waals surface area contributed by atoms with Crippen molar-refractivity contribution in [3.05, 3.63) is 23.9 Å². The van der Waals surface area contributed by atoms with Gasteiger partial charge in [0.05, 0.1) is 0 Å². The summed E-state index contributed by atoms with van der Waals surface area (Å²) in [5.41, 5.74) is 1.40. The summed E-state index contributed by atoms with van der Waals surface area (Å²) in [5, 5.41) is 3.39. The number of aromatic nitrogens is 1. The van der Waals surface area contributed by atoms with Crippen molar-refractivity contribution in [2.75, 3.05) is 44.2 Å². The highest BCUT2D eigenvalue weighted by molar-refractivity contribution is 5.40. The van der Waals surface area contributed by atoms with Gasteiger partial charge in [-0.05, 0) is 44.0 Å². The van der Waals surface area contributed by atoms with Gasteiger partial charge >= 0.3 is 0 Å². The highest BCUT2D eigenvalue weighted by Crippen LogP contribution is 2.31. The van der Waals surface area contributed by atoms with E-state index < -0.39 is 0 Å². The molecule has 0 spiro atoms. The third kappa shape index (κ3) is 3.55. The molecule has 1 aromatic heterocycles. The Balaban J connectivity index is 1.70. The number of piperidine rings is 1. The summed E-state index contributed by atoms with van der Waals surface area (Å²) < 4.78 is 0. The van der Waals surface area contributed by atoms with E-state index in [1.54, 1.807) is 0 Å². The molecule has 1 N–H and O–H groups in total. The highest BCUT2D eigenvalue weighted by Gasteiger charge is 2.23. The van der Waals surface area contributed by atoms with Crippen LogP contribution in [0, 0.1) is 0 Å². The molecule has 21 heavy (non-hydrogen) atoms. The standard InChI is InChI=1S/C17H28N4/c1-2-10-20-11-4-3-5-16(20)15-6-7-17(19-14-15)21-12-8-18-9-13-21/h6-7,14,16,18H,2-5,8-13H2,1H3. The second-order valence-corrected chi connectivity index (χ2v) is 6.23. The van der Waals surface area contributed by atoms with Crippen LogP contribution in [0.4, 0.5) is 5.82 Å². The molecule has 116 valence electrons. The van der Waals surface area contributed by atoms with Gasteiger partial charge in [-0.25, -0.2) is 4.98 Å². The second-order valence-electron chi connectivity index (χ2n) is 6.23. The highest BCUT2D eigenvalue weighted by atomic mass is 15.2. The average Bonchev–Trinajstić information content (AvgIpc) is 2.57. The van der Waals surface area contributed by atoms with E-state index in [0.29, 0.717) is 6.04 Å². The first-order valence-corrected chi connectivity index (χ1v) is 8.54. The van der Waals surface area contributed by atoms with Crippen molar-refractivity contribution in [2.24, 2.45) is 0 Å². The Morgan fingerprint density at radius 3 is 2.76 bits per heavy atom. The number of hydrogen-bond donors (Lipinski definition) is 1. The summed E-state index contributed by atoms with van der Waals surface area (Å²) in [6.07, 6.45) is 7.35. The minimum atomic E-state index is 0.586. The van der Waals surface area contributed by atoms with E-state index in [1.807, 2.05) is 0 Å². The molecular formula is C17H28N4. The van der Waals surface area contributed by atoms with Crippen LogP contribution >= 0.6 is 0 Å². The molecule has 2 aliphatic heterocycles. The predicted octanol–water partition coefficient (Wildman–Crippen LogP) is 2.43. The maximum Gasteiger partial charge on any atom is 0.128 e. The lowest BCUT2D eigenvalue weighted by molar-refractivity contribution is 0.149. The zero-order valence-electron chi connectivity index (χ0n) is 13.2.